The zero-order valence-electron chi connectivity index (χ0n) is 28.5. The summed E-state index contributed by atoms with van der Waals surface area (Å²) in [6.45, 7) is 15.1. The zero-order chi connectivity index (χ0) is 34.4. The summed E-state index contributed by atoms with van der Waals surface area (Å²) >= 11 is 0. The maximum absolute atomic E-state index is 14.8. The summed E-state index contributed by atoms with van der Waals surface area (Å²) in [7, 11) is 0. The third-order valence-corrected chi connectivity index (χ3v) is 11.1. The molecule has 252 valence electrons. The number of aliphatic carboxylic acids is 1. The maximum atomic E-state index is 14.8. The van der Waals surface area contributed by atoms with E-state index in [9.17, 15) is 29.7 Å². The van der Waals surface area contributed by atoms with Gasteiger partial charge in [0.15, 0.2) is 22.8 Å². The number of hydrogen-bond donors (Lipinski definition) is 3. The smallest absolute Gasteiger partial charge is 0.330 e. The van der Waals surface area contributed by atoms with Gasteiger partial charge in [-0.25, -0.2) is 4.79 Å². The van der Waals surface area contributed by atoms with Gasteiger partial charge in [0.25, 0.3) is 0 Å². The largest absolute Gasteiger partial charge is 0.506 e. The number of ketones is 2. The Balaban J connectivity index is 1.60. The molecule has 3 aliphatic heterocycles. The second kappa shape index (κ2) is 10.9. The third kappa shape index (κ3) is 4.67. The van der Waals surface area contributed by atoms with Gasteiger partial charge in [0.1, 0.15) is 28.4 Å². The molecule has 1 unspecified atom stereocenters. The SMILES string of the molecule is CC(C)=CCC[C@]1(C)C=Cc2c(O)c3c(c(CC=C(C)C)c2O1)O[C@]12[C@H](C3=O)[C@@H](O)[C@@H]3C[C@H]1C(C)(C)OC2(C/C=C(/C)C(=O)O)C3=O. The number of fused-ring (bicyclic) bond motifs is 2. The molecule has 0 radical (unpaired) electrons. The summed E-state index contributed by atoms with van der Waals surface area (Å²) in [4.78, 5) is 41.1. The lowest BCUT2D eigenvalue weighted by atomic mass is 9.45. The van der Waals surface area contributed by atoms with Crippen LogP contribution in [0.25, 0.3) is 6.08 Å². The van der Waals surface area contributed by atoms with Crippen LogP contribution in [-0.2, 0) is 20.7 Å². The van der Waals surface area contributed by atoms with E-state index in [-0.39, 0.29) is 35.5 Å². The van der Waals surface area contributed by atoms with E-state index in [1.807, 2.05) is 60.6 Å². The number of benzene rings is 1. The molecule has 3 heterocycles. The number of carboxylic acid groups (broad SMARTS) is 1. The second-order valence-corrected chi connectivity index (χ2v) is 15.2. The third-order valence-electron chi connectivity index (χ3n) is 11.1. The lowest BCUT2D eigenvalue weighted by Crippen LogP contribution is -2.80. The Bertz CT molecular complexity index is 1700. The van der Waals surface area contributed by atoms with Gasteiger partial charge in [-0.05, 0) is 93.2 Å². The highest BCUT2D eigenvalue weighted by atomic mass is 16.6. The van der Waals surface area contributed by atoms with E-state index in [4.69, 9.17) is 14.2 Å². The van der Waals surface area contributed by atoms with Crippen molar-refractivity contribution in [1.29, 1.82) is 0 Å². The van der Waals surface area contributed by atoms with Crippen LogP contribution >= 0.6 is 0 Å². The monoisotopic (exact) mass is 646 g/mol. The van der Waals surface area contributed by atoms with E-state index in [2.05, 4.69) is 6.08 Å². The molecule has 1 spiro atoms. The highest BCUT2D eigenvalue weighted by Crippen LogP contribution is 2.70. The molecule has 9 nitrogen and oxygen atoms in total. The molecule has 1 aromatic rings. The molecule has 7 atom stereocenters. The van der Waals surface area contributed by atoms with Crippen LogP contribution in [0.15, 0.2) is 41.0 Å². The first-order valence-electron chi connectivity index (χ1n) is 16.5. The molecular weight excluding hydrogens is 600 g/mol. The van der Waals surface area contributed by atoms with Crippen LogP contribution in [0.3, 0.4) is 0 Å². The Morgan fingerprint density at radius 3 is 2.32 bits per heavy atom. The number of phenols is 1. The predicted molar refractivity (Wildman–Crippen MR) is 176 cm³/mol. The number of hydrogen-bond acceptors (Lipinski definition) is 8. The van der Waals surface area contributed by atoms with Crippen molar-refractivity contribution in [1.82, 2.24) is 0 Å². The van der Waals surface area contributed by atoms with Gasteiger partial charge in [0, 0.05) is 29.4 Å². The molecule has 47 heavy (non-hydrogen) atoms. The van der Waals surface area contributed by atoms with Crippen molar-refractivity contribution in [2.24, 2.45) is 17.8 Å². The average molecular weight is 647 g/mol. The van der Waals surface area contributed by atoms with E-state index >= 15 is 0 Å². The van der Waals surface area contributed by atoms with Crippen molar-refractivity contribution in [3.8, 4) is 17.2 Å². The number of carbonyl (C=O) groups excluding carboxylic acids is 2. The van der Waals surface area contributed by atoms with Crippen molar-refractivity contribution in [2.75, 3.05) is 0 Å². The first kappa shape index (κ1) is 33.2. The summed E-state index contributed by atoms with van der Waals surface area (Å²) in [5, 5.41) is 33.2. The lowest BCUT2D eigenvalue weighted by Gasteiger charge is -2.62. The molecule has 3 N–H and O–H groups in total. The number of aromatic hydroxyl groups is 1. The van der Waals surface area contributed by atoms with Gasteiger partial charge in [-0.2, -0.15) is 0 Å². The van der Waals surface area contributed by atoms with E-state index in [0.717, 1.165) is 12.0 Å². The number of carbonyl (C=O) groups is 3. The molecule has 9 heteroatoms. The number of carboxylic acids is 1. The van der Waals surface area contributed by atoms with Gasteiger partial charge in [0.2, 0.25) is 0 Å². The van der Waals surface area contributed by atoms with E-state index < -0.39 is 63.8 Å². The first-order chi connectivity index (χ1) is 21.9. The topological polar surface area (TPSA) is 140 Å². The summed E-state index contributed by atoms with van der Waals surface area (Å²) in [5.74, 6) is -4.44. The molecular formula is C38H46O9. The van der Waals surface area contributed by atoms with Gasteiger partial charge in [-0.1, -0.05) is 29.4 Å². The Hall–Kier alpha value is -3.69. The molecule has 1 aromatic carbocycles. The van der Waals surface area contributed by atoms with Crippen molar-refractivity contribution in [2.45, 2.75) is 116 Å². The summed E-state index contributed by atoms with van der Waals surface area (Å²) < 4.78 is 20.5. The maximum Gasteiger partial charge on any atom is 0.330 e. The second-order valence-electron chi connectivity index (χ2n) is 15.2. The highest BCUT2D eigenvalue weighted by Gasteiger charge is 2.85. The molecule has 7 rings (SSSR count). The Morgan fingerprint density at radius 1 is 1.00 bits per heavy atom. The number of phenolic OH excluding ortho intramolecular Hbond substituents is 1. The molecule has 0 amide bonds. The minimum Gasteiger partial charge on any atom is -0.506 e. The predicted octanol–water partition coefficient (Wildman–Crippen LogP) is 6.29. The van der Waals surface area contributed by atoms with Gasteiger partial charge < -0.3 is 29.5 Å². The standard InChI is InChI=1S/C38H46O9/c1-19(2)10-9-15-36(8)16-14-22-28(39)26-30(41)27-29(40)24-18-25-35(6,7)47-37(33(24)42,17-13-21(5)34(43)44)38(25,27)46-32(26)23(31(22)45-36)12-11-20(3)4/h10-11,13-14,16,24-25,27,29,39-40H,9,12,15,17-18H2,1-8H3,(H,43,44)/b21-13-/t24-,25-,27-,29-,36+,37?,38-/m0/s1. The van der Waals surface area contributed by atoms with Crippen molar-refractivity contribution < 1.29 is 43.9 Å². The normalized spacial score (nSPS) is 34.1. The quantitative estimate of drug-likeness (QED) is 0.220. The van der Waals surface area contributed by atoms with Gasteiger partial charge in [-0.3, -0.25) is 9.59 Å². The molecule has 3 saturated carbocycles. The number of aliphatic hydroxyl groups is 1. The number of allylic oxidation sites excluding steroid dienone is 4. The van der Waals surface area contributed by atoms with Crippen LogP contribution in [0.5, 0.6) is 17.2 Å². The molecule has 6 aliphatic rings. The Kier molecular flexibility index (Phi) is 7.72. The molecule has 3 aliphatic carbocycles. The Labute approximate surface area is 276 Å². The number of Topliss-reactive ketones (excluding diaryl/α,β-unsaturated/α-hetero) is 2. The van der Waals surface area contributed by atoms with Crippen LogP contribution in [0, 0.1) is 17.8 Å². The van der Waals surface area contributed by atoms with Crippen molar-refractivity contribution in [3.63, 3.8) is 0 Å². The fourth-order valence-corrected chi connectivity index (χ4v) is 8.76. The summed E-state index contributed by atoms with van der Waals surface area (Å²) in [6.07, 6.45) is 9.79. The Morgan fingerprint density at radius 2 is 1.68 bits per heavy atom. The summed E-state index contributed by atoms with van der Waals surface area (Å²) in [6, 6.07) is 0. The van der Waals surface area contributed by atoms with Crippen LogP contribution in [0.4, 0.5) is 0 Å². The fraction of sp³-hybridized carbons (Fsp3) is 0.553. The fourth-order valence-electron chi connectivity index (χ4n) is 8.76. The van der Waals surface area contributed by atoms with Crippen molar-refractivity contribution >= 4 is 23.6 Å². The zero-order valence-corrected chi connectivity index (χ0v) is 28.5. The van der Waals surface area contributed by atoms with E-state index in [0.29, 0.717) is 29.7 Å². The average Bonchev–Trinajstić information content (AvgIpc) is 3.10. The molecule has 0 aromatic heterocycles. The minimum atomic E-state index is -1.74. The van der Waals surface area contributed by atoms with Crippen LogP contribution in [0.2, 0.25) is 0 Å². The first-order valence-corrected chi connectivity index (χ1v) is 16.5. The minimum absolute atomic E-state index is 0.0260. The van der Waals surface area contributed by atoms with Crippen molar-refractivity contribution in [3.05, 3.63) is 57.7 Å². The number of ether oxygens (including phenoxy) is 3. The number of aliphatic hydroxyl groups excluding tert-OH is 1. The van der Waals surface area contributed by atoms with Crippen LogP contribution in [-0.4, -0.2) is 61.4 Å². The van der Waals surface area contributed by atoms with Gasteiger partial charge in [-0.15, -0.1) is 0 Å². The molecule has 4 bridgehead atoms. The highest BCUT2D eigenvalue weighted by molar-refractivity contribution is 6.10. The van der Waals surface area contributed by atoms with Gasteiger partial charge in [0.05, 0.1) is 23.2 Å². The lowest BCUT2D eigenvalue weighted by molar-refractivity contribution is -0.220. The van der Waals surface area contributed by atoms with Gasteiger partial charge >= 0.3 is 5.97 Å². The van der Waals surface area contributed by atoms with E-state index in [1.165, 1.54) is 18.6 Å². The molecule has 1 saturated heterocycles. The summed E-state index contributed by atoms with van der Waals surface area (Å²) in [5.41, 5.74) is -1.91. The molecule has 4 fully saturated rings. The van der Waals surface area contributed by atoms with Crippen LogP contribution in [0.1, 0.15) is 103 Å². The van der Waals surface area contributed by atoms with Crippen LogP contribution < -0.4 is 9.47 Å². The number of rotatable bonds is 8. The van der Waals surface area contributed by atoms with E-state index in [1.54, 1.807) is 6.08 Å².